The van der Waals surface area contributed by atoms with Crippen molar-refractivity contribution in [1.29, 1.82) is 0 Å². The van der Waals surface area contributed by atoms with Gasteiger partial charge in [0.05, 0.1) is 10.6 Å². The highest BCUT2D eigenvalue weighted by Gasteiger charge is 2.42. The van der Waals surface area contributed by atoms with Gasteiger partial charge in [0.2, 0.25) is 6.79 Å². The molecule has 0 radical (unpaired) electrons. The lowest BCUT2D eigenvalue weighted by molar-refractivity contribution is 0.168. The van der Waals surface area contributed by atoms with Crippen molar-refractivity contribution in [2.75, 3.05) is 6.79 Å². The van der Waals surface area contributed by atoms with Crippen LogP contribution in [-0.4, -0.2) is 11.9 Å². The second kappa shape index (κ2) is 3.18. The third kappa shape index (κ3) is 1.20. The van der Waals surface area contributed by atoms with Gasteiger partial charge in [-0.3, -0.25) is 0 Å². The Labute approximate surface area is 97.9 Å². The van der Waals surface area contributed by atoms with Gasteiger partial charge in [-0.1, -0.05) is 11.6 Å². The molecule has 1 heterocycles. The first-order valence-corrected chi connectivity index (χ1v) is 5.60. The van der Waals surface area contributed by atoms with Crippen LogP contribution in [0.15, 0.2) is 6.07 Å². The Morgan fingerprint density at radius 1 is 1.38 bits per heavy atom. The monoisotopic (exact) mass is 241 g/mol. The summed E-state index contributed by atoms with van der Waals surface area (Å²) in [6.45, 7) is 0.151. The van der Waals surface area contributed by atoms with Gasteiger partial charge in [-0.15, -0.1) is 0 Å². The first-order chi connectivity index (χ1) is 7.62. The van der Waals surface area contributed by atoms with Crippen LogP contribution in [0.4, 0.5) is 0 Å². The maximum absolute atomic E-state index is 10.0. The van der Waals surface area contributed by atoms with E-state index in [1.807, 2.05) is 0 Å². The highest BCUT2D eigenvalue weighted by atomic mass is 35.5. The van der Waals surface area contributed by atoms with E-state index in [0.29, 0.717) is 17.1 Å². The Kier molecular flexibility index (Phi) is 2.00. The summed E-state index contributed by atoms with van der Waals surface area (Å²) in [5, 5.41) is 10.3. The van der Waals surface area contributed by atoms with Crippen molar-refractivity contribution >= 4 is 11.6 Å². The molecule has 5 heteroatoms. The molecule has 1 aromatic rings. The van der Waals surface area contributed by atoms with Gasteiger partial charge in [0, 0.05) is 11.6 Å². The standard InChI is InChI=1S/C11H12ClNO3/c12-6-4-7-10(16-5-15-7)8(9(6)14)11(13)2-1-3-11/h4,14H,1-3,5,13H2. The van der Waals surface area contributed by atoms with Gasteiger partial charge >= 0.3 is 0 Å². The number of benzene rings is 1. The fourth-order valence-electron chi connectivity index (χ4n) is 2.27. The van der Waals surface area contributed by atoms with Crippen LogP contribution in [0.1, 0.15) is 24.8 Å². The summed E-state index contributed by atoms with van der Waals surface area (Å²) < 4.78 is 10.6. The Morgan fingerprint density at radius 2 is 2.12 bits per heavy atom. The van der Waals surface area contributed by atoms with Crippen molar-refractivity contribution < 1.29 is 14.6 Å². The molecule has 3 rings (SSSR count). The topological polar surface area (TPSA) is 64.7 Å². The molecule has 1 aliphatic carbocycles. The van der Waals surface area contributed by atoms with Crippen molar-refractivity contribution in [3.05, 3.63) is 16.7 Å². The zero-order chi connectivity index (χ0) is 11.3. The summed E-state index contributed by atoms with van der Waals surface area (Å²) in [6.07, 6.45) is 2.71. The van der Waals surface area contributed by atoms with Gasteiger partial charge in [-0.25, -0.2) is 0 Å². The molecule has 0 unspecified atom stereocenters. The minimum atomic E-state index is -0.521. The Bertz CT molecular complexity index is 457. The fraction of sp³-hybridized carbons (Fsp3) is 0.455. The molecular weight excluding hydrogens is 230 g/mol. The van der Waals surface area contributed by atoms with Gasteiger partial charge in [0.1, 0.15) is 5.75 Å². The Hall–Kier alpha value is -1.13. The van der Waals surface area contributed by atoms with E-state index in [1.54, 1.807) is 6.07 Å². The van der Waals surface area contributed by atoms with Gasteiger partial charge < -0.3 is 20.3 Å². The van der Waals surface area contributed by atoms with Gasteiger partial charge in [0.25, 0.3) is 0 Å². The summed E-state index contributed by atoms with van der Waals surface area (Å²) in [4.78, 5) is 0. The molecule has 0 spiro atoms. The minimum Gasteiger partial charge on any atom is -0.506 e. The molecule has 0 atom stereocenters. The lowest BCUT2D eigenvalue weighted by atomic mass is 9.72. The Balaban J connectivity index is 2.22. The van der Waals surface area contributed by atoms with Crippen LogP contribution in [0, 0.1) is 0 Å². The second-order valence-corrected chi connectivity index (χ2v) is 4.73. The third-order valence-corrected chi connectivity index (χ3v) is 3.62. The average Bonchev–Trinajstić information content (AvgIpc) is 2.63. The van der Waals surface area contributed by atoms with Crippen LogP contribution < -0.4 is 15.2 Å². The summed E-state index contributed by atoms with van der Waals surface area (Å²) in [7, 11) is 0. The summed E-state index contributed by atoms with van der Waals surface area (Å²) in [5.41, 5.74) is 6.29. The first kappa shape index (κ1) is 10.1. The lowest BCUT2D eigenvalue weighted by Gasteiger charge is -2.39. The number of ether oxygens (including phenoxy) is 2. The van der Waals surface area contributed by atoms with E-state index < -0.39 is 5.54 Å². The van der Waals surface area contributed by atoms with Gasteiger partial charge in [-0.2, -0.15) is 0 Å². The number of nitrogens with two attached hydrogens (primary N) is 1. The van der Waals surface area contributed by atoms with E-state index in [2.05, 4.69) is 0 Å². The zero-order valence-corrected chi connectivity index (χ0v) is 9.38. The van der Waals surface area contributed by atoms with E-state index in [1.165, 1.54) is 0 Å². The highest BCUT2D eigenvalue weighted by molar-refractivity contribution is 6.32. The molecule has 0 aromatic heterocycles. The van der Waals surface area contributed by atoms with Crippen molar-refractivity contribution in [2.24, 2.45) is 5.73 Å². The van der Waals surface area contributed by atoms with Crippen LogP contribution in [0.25, 0.3) is 0 Å². The zero-order valence-electron chi connectivity index (χ0n) is 8.62. The van der Waals surface area contributed by atoms with Gasteiger partial charge in [-0.05, 0) is 19.3 Å². The fourth-order valence-corrected chi connectivity index (χ4v) is 2.46. The molecule has 0 saturated heterocycles. The second-order valence-electron chi connectivity index (χ2n) is 4.33. The minimum absolute atomic E-state index is 0.0214. The van der Waals surface area contributed by atoms with Crippen LogP contribution in [-0.2, 0) is 5.54 Å². The van der Waals surface area contributed by atoms with E-state index in [0.717, 1.165) is 19.3 Å². The summed E-state index contributed by atoms with van der Waals surface area (Å²) in [6, 6.07) is 1.56. The van der Waals surface area contributed by atoms with Crippen molar-refractivity contribution in [3.8, 4) is 17.2 Å². The van der Waals surface area contributed by atoms with Crippen molar-refractivity contribution in [3.63, 3.8) is 0 Å². The maximum Gasteiger partial charge on any atom is 0.231 e. The molecule has 1 saturated carbocycles. The molecule has 86 valence electrons. The van der Waals surface area contributed by atoms with E-state index >= 15 is 0 Å². The van der Waals surface area contributed by atoms with Crippen LogP contribution in [0.5, 0.6) is 17.2 Å². The van der Waals surface area contributed by atoms with E-state index in [-0.39, 0.29) is 17.6 Å². The molecule has 1 fully saturated rings. The molecule has 3 N–H and O–H groups in total. The number of phenols is 1. The number of rotatable bonds is 1. The molecule has 0 bridgehead atoms. The SMILES string of the molecule is NC1(c2c(O)c(Cl)cc3c2OCO3)CCC1. The normalized spacial score (nSPS) is 20.6. The summed E-state index contributed by atoms with van der Waals surface area (Å²) in [5.74, 6) is 1.13. The molecule has 4 nitrogen and oxygen atoms in total. The highest BCUT2D eigenvalue weighted by Crippen LogP contribution is 2.53. The van der Waals surface area contributed by atoms with Crippen molar-refractivity contribution in [2.45, 2.75) is 24.8 Å². The number of halogens is 1. The van der Waals surface area contributed by atoms with E-state index in [4.69, 9.17) is 26.8 Å². The molecule has 0 amide bonds. The first-order valence-electron chi connectivity index (χ1n) is 5.22. The predicted octanol–water partition coefficient (Wildman–Crippen LogP) is 2.11. The number of phenolic OH excluding ortho intramolecular Hbond substituents is 1. The van der Waals surface area contributed by atoms with Crippen LogP contribution in [0.3, 0.4) is 0 Å². The molecular formula is C11H12ClNO3. The lowest BCUT2D eigenvalue weighted by Crippen LogP contribution is -2.43. The molecule has 16 heavy (non-hydrogen) atoms. The van der Waals surface area contributed by atoms with Crippen LogP contribution in [0.2, 0.25) is 5.02 Å². The molecule has 2 aliphatic rings. The number of hydrogen-bond donors (Lipinski definition) is 2. The molecule has 1 aromatic carbocycles. The average molecular weight is 242 g/mol. The van der Waals surface area contributed by atoms with E-state index in [9.17, 15) is 5.11 Å². The Morgan fingerprint density at radius 3 is 2.75 bits per heavy atom. The largest absolute Gasteiger partial charge is 0.506 e. The number of fused-ring (bicyclic) bond motifs is 1. The smallest absolute Gasteiger partial charge is 0.231 e. The third-order valence-electron chi connectivity index (χ3n) is 3.33. The van der Waals surface area contributed by atoms with Gasteiger partial charge in [0.15, 0.2) is 11.5 Å². The number of hydrogen-bond acceptors (Lipinski definition) is 4. The number of aromatic hydroxyl groups is 1. The van der Waals surface area contributed by atoms with Crippen LogP contribution >= 0.6 is 11.6 Å². The predicted molar refractivity (Wildman–Crippen MR) is 59.0 cm³/mol. The summed E-state index contributed by atoms with van der Waals surface area (Å²) >= 11 is 5.94. The quantitative estimate of drug-likeness (QED) is 0.791. The molecule has 1 aliphatic heterocycles. The maximum atomic E-state index is 10.0. The van der Waals surface area contributed by atoms with Crippen molar-refractivity contribution in [1.82, 2.24) is 0 Å².